The zero-order valence-electron chi connectivity index (χ0n) is 9.32. The smallest absolute Gasteiger partial charge is 0.325 e. The lowest BCUT2D eigenvalue weighted by Crippen LogP contribution is -2.18. The van der Waals surface area contributed by atoms with E-state index in [9.17, 15) is 4.79 Å². The molecule has 1 heterocycles. The van der Waals surface area contributed by atoms with Crippen molar-refractivity contribution in [2.24, 2.45) is 0 Å². The first-order valence-electron chi connectivity index (χ1n) is 5.44. The number of nitrogens with zero attached hydrogens (tertiary/aromatic N) is 2. The van der Waals surface area contributed by atoms with Crippen LogP contribution in [0.2, 0.25) is 0 Å². The van der Waals surface area contributed by atoms with E-state index < -0.39 is 0 Å². The van der Waals surface area contributed by atoms with Gasteiger partial charge in [0.1, 0.15) is 18.7 Å². The monoisotopic (exact) mass is 221 g/mol. The number of carbonyl (C=O) groups is 1. The van der Waals surface area contributed by atoms with Gasteiger partial charge in [-0.1, -0.05) is 0 Å². The number of fused-ring (bicyclic) bond motifs is 1. The average Bonchev–Trinajstić information content (AvgIpc) is 2.35. The normalized spacial score (nSPS) is 14.1. The summed E-state index contributed by atoms with van der Waals surface area (Å²) in [6.45, 7) is 0.153. The molecule has 1 aliphatic carbocycles. The van der Waals surface area contributed by atoms with Crippen molar-refractivity contribution in [1.82, 2.24) is 9.97 Å². The second-order valence-electron chi connectivity index (χ2n) is 3.78. The van der Waals surface area contributed by atoms with Gasteiger partial charge in [0.25, 0.3) is 0 Å². The fourth-order valence-electron chi connectivity index (χ4n) is 1.90. The van der Waals surface area contributed by atoms with Crippen LogP contribution >= 0.6 is 0 Å². The first-order chi connectivity index (χ1) is 7.81. The van der Waals surface area contributed by atoms with Gasteiger partial charge in [-0.25, -0.2) is 9.97 Å². The summed E-state index contributed by atoms with van der Waals surface area (Å²) in [6, 6.07) is 0. The van der Waals surface area contributed by atoms with Crippen molar-refractivity contribution in [3.05, 3.63) is 17.6 Å². The Hall–Kier alpha value is -1.65. The Bertz CT molecular complexity index is 393. The van der Waals surface area contributed by atoms with Crippen LogP contribution in [0.5, 0.6) is 0 Å². The summed E-state index contributed by atoms with van der Waals surface area (Å²) in [7, 11) is 1.37. The number of nitrogens with one attached hydrogen (secondary N) is 1. The van der Waals surface area contributed by atoms with Gasteiger partial charge >= 0.3 is 5.97 Å². The molecule has 0 atom stereocenters. The number of carbonyl (C=O) groups excluding carboxylic acids is 1. The molecule has 1 aromatic rings. The van der Waals surface area contributed by atoms with Crippen LogP contribution in [-0.2, 0) is 22.4 Å². The molecular weight excluding hydrogens is 206 g/mol. The molecular formula is C11H15N3O2. The molecule has 0 aliphatic heterocycles. The summed E-state index contributed by atoms with van der Waals surface area (Å²) in [4.78, 5) is 19.5. The highest BCUT2D eigenvalue weighted by molar-refractivity contribution is 5.74. The Morgan fingerprint density at radius 2 is 2.25 bits per heavy atom. The quantitative estimate of drug-likeness (QED) is 0.769. The summed E-state index contributed by atoms with van der Waals surface area (Å²) < 4.78 is 4.57. The van der Waals surface area contributed by atoms with E-state index in [1.54, 1.807) is 6.33 Å². The second-order valence-corrected chi connectivity index (χ2v) is 3.78. The van der Waals surface area contributed by atoms with Crippen molar-refractivity contribution in [2.75, 3.05) is 19.0 Å². The van der Waals surface area contributed by atoms with Crippen molar-refractivity contribution in [1.29, 1.82) is 0 Å². The minimum Gasteiger partial charge on any atom is -0.468 e. The van der Waals surface area contributed by atoms with Crippen LogP contribution in [0.4, 0.5) is 5.82 Å². The molecule has 0 unspecified atom stereocenters. The van der Waals surface area contributed by atoms with Crippen LogP contribution in [0.15, 0.2) is 6.33 Å². The molecule has 5 heteroatoms. The van der Waals surface area contributed by atoms with Gasteiger partial charge in [0.05, 0.1) is 7.11 Å². The van der Waals surface area contributed by atoms with Crippen molar-refractivity contribution < 1.29 is 9.53 Å². The SMILES string of the molecule is COC(=O)CNc1ncnc2c1CCCC2. The lowest BCUT2D eigenvalue weighted by molar-refractivity contribution is -0.138. The molecule has 0 aromatic carbocycles. The highest BCUT2D eigenvalue weighted by atomic mass is 16.5. The summed E-state index contributed by atoms with van der Waals surface area (Å²) in [5.41, 5.74) is 2.26. The van der Waals surface area contributed by atoms with Crippen LogP contribution in [0.3, 0.4) is 0 Å². The topological polar surface area (TPSA) is 64.1 Å². The van der Waals surface area contributed by atoms with Gasteiger partial charge in [0, 0.05) is 11.3 Å². The number of esters is 1. The molecule has 5 nitrogen and oxygen atoms in total. The molecule has 1 N–H and O–H groups in total. The molecule has 0 bridgehead atoms. The van der Waals surface area contributed by atoms with Gasteiger partial charge in [0.2, 0.25) is 0 Å². The van der Waals surface area contributed by atoms with Crippen molar-refractivity contribution in [2.45, 2.75) is 25.7 Å². The number of hydrogen-bond donors (Lipinski definition) is 1. The van der Waals surface area contributed by atoms with E-state index in [0.29, 0.717) is 0 Å². The Labute approximate surface area is 94.2 Å². The van der Waals surface area contributed by atoms with Gasteiger partial charge in [0.15, 0.2) is 0 Å². The number of aryl methyl sites for hydroxylation is 1. The van der Waals surface area contributed by atoms with Gasteiger partial charge < -0.3 is 10.1 Å². The number of hydrogen-bond acceptors (Lipinski definition) is 5. The standard InChI is InChI=1S/C11H15N3O2/c1-16-10(15)6-12-11-8-4-2-3-5-9(8)13-7-14-11/h7H,2-6H2,1H3,(H,12,13,14). The van der Waals surface area contributed by atoms with Crippen LogP contribution in [0, 0.1) is 0 Å². The zero-order chi connectivity index (χ0) is 11.4. The summed E-state index contributed by atoms with van der Waals surface area (Å²) >= 11 is 0. The van der Waals surface area contributed by atoms with E-state index in [4.69, 9.17) is 0 Å². The largest absolute Gasteiger partial charge is 0.468 e. The Morgan fingerprint density at radius 1 is 1.44 bits per heavy atom. The van der Waals surface area contributed by atoms with Crippen molar-refractivity contribution in [3.63, 3.8) is 0 Å². The molecule has 16 heavy (non-hydrogen) atoms. The van der Waals surface area contributed by atoms with E-state index in [-0.39, 0.29) is 12.5 Å². The number of methoxy groups -OCH3 is 1. The summed E-state index contributed by atoms with van der Waals surface area (Å²) in [5.74, 6) is 0.485. The number of anilines is 1. The molecule has 0 saturated carbocycles. The van der Waals surface area contributed by atoms with E-state index in [1.807, 2.05) is 0 Å². The minimum atomic E-state index is -0.289. The zero-order valence-corrected chi connectivity index (χ0v) is 9.32. The molecule has 0 radical (unpaired) electrons. The van der Waals surface area contributed by atoms with Crippen LogP contribution in [0.1, 0.15) is 24.1 Å². The second kappa shape index (κ2) is 4.92. The van der Waals surface area contributed by atoms with E-state index >= 15 is 0 Å². The fourth-order valence-corrected chi connectivity index (χ4v) is 1.90. The van der Waals surface area contributed by atoms with E-state index in [0.717, 1.165) is 36.3 Å². The number of rotatable bonds is 3. The van der Waals surface area contributed by atoms with Crippen LogP contribution in [-0.4, -0.2) is 29.6 Å². The van der Waals surface area contributed by atoms with E-state index in [1.165, 1.54) is 13.5 Å². The average molecular weight is 221 g/mol. The highest BCUT2D eigenvalue weighted by Crippen LogP contribution is 2.23. The third-order valence-corrected chi connectivity index (χ3v) is 2.75. The van der Waals surface area contributed by atoms with Gasteiger partial charge in [-0.05, 0) is 25.7 Å². The Balaban J connectivity index is 2.11. The maximum atomic E-state index is 11.0. The minimum absolute atomic E-state index is 0.153. The first kappa shape index (κ1) is 10.9. The molecule has 0 spiro atoms. The number of aromatic nitrogens is 2. The van der Waals surface area contributed by atoms with E-state index in [2.05, 4.69) is 20.0 Å². The highest BCUT2D eigenvalue weighted by Gasteiger charge is 2.15. The molecule has 86 valence electrons. The van der Waals surface area contributed by atoms with Crippen molar-refractivity contribution in [3.8, 4) is 0 Å². The van der Waals surface area contributed by atoms with Crippen LogP contribution in [0.25, 0.3) is 0 Å². The predicted octanol–water partition coefficient (Wildman–Crippen LogP) is 0.940. The summed E-state index contributed by atoms with van der Waals surface area (Å²) in [6.07, 6.45) is 5.88. The fraction of sp³-hybridized carbons (Fsp3) is 0.545. The molecule has 0 saturated heterocycles. The molecule has 0 amide bonds. The number of ether oxygens (including phenoxy) is 1. The lowest BCUT2D eigenvalue weighted by Gasteiger charge is -2.17. The third-order valence-electron chi connectivity index (χ3n) is 2.75. The molecule has 1 aromatic heterocycles. The van der Waals surface area contributed by atoms with Gasteiger partial charge in [-0.15, -0.1) is 0 Å². The van der Waals surface area contributed by atoms with Gasteiger partial charge in [-0.3, -0.25) is 4.79 Å². The molecule has 0 fully saturated rings. The third kappa shape index (κ3) is 2.29. The lowest BCUT2D eigenvalue weighted by atomic mass is 9.96. The molecule has 2 rings (SSSR count). The maximum absolute atomic E-state index is 11.0. The van der Waals surface area contributed by atoms with Crippen LogP contribution < -0.4 is 5.32 Å². The predicted molar refractivity (Wildman–Crippen MR) is 59.2 cm³/mol. The Morgan fingerprint density at radius 3 is 3.06 bits per heavy atom. The summed E-state index contributed by atoms with van der Waals surface area (Å²) in [5, 5.41) is 3.00. The maximum Gasteiger partial charge on any atom is 0.325 e. The first-order valence-corrected chi connectivity index (χ1v) is 5.44. The Kier molecular flexibility index (Phi) is 3.34. The van der Waals surface area contributed by atoms with Crippen molar-refractivity contribution >= 4 is 11.8 Å². The van der Waals surface area contributed by atoms with Gasteiger partial charge in [-0.2, -0.15) is 0 Å². The molecule has 1 aliphatic rings.